The van der Waals surface area contributed by atoms with Gasteiger partial charge in [-0.25, -0.2) is 13.6 Å². The van der Waals surface area contributed by atoms with Gasteiger partial charge in [0.15, 0.2) is 0 Å². The molecule has 1 aliphatic heterocycles. The highest BCUT2D eigenvalue weighted by atomic mass is 19.4. The summed E-state index contributed by atoms with van der Waals surface area (Å²) in [6.45, 7) is 3.61. The molecule has 11 heteroatoms. The third kappa shape index (κ3) is 8.77. The van der Waals surface area contributed by atoms with Gasteiger partial charge in [-0.15, -0.1) is 0 Å². The van der Waals surface area contributed by atoms with Gasteiger partial charge in [0.25, 0.3) is 0 Å². The number of fused-ring (bicyclic) bond motifs is 2. The number of halogens is 5. The van der Waals surface area contributed by atoms with Crippen molar-refractivity contribution in [3.05, 3.63) is 70.3 Å². The Bertz CT molecular complexity index is 1260. The molecule has 0 aromatic heterocycles. The third-order valence-corrected chi connectivity index (χ3v) is 7.63. The zero-order chi connectivity index (χ0) is 31.0. The van der Waals surface area contributed by atoms with Gasteiger partial charge in [-0.3, -0.25) is 4.90 Å². The van der Waals surface area contributed by atoms with Crippen molar-refractivity contribution in [2.24, 2.45) is 0 Å². The number of nitrogens with zero attached hydrogens (tertiary/aromatic N) is 1. The fourth-order valence-corrected chi connectivity index (χ4v) is 5.77. The van der Waals surface area contributed by atoms with E-state index in [0.717, 1.165) is 41.7 Å². The lowest BCUT2D eigenvalue weighted by Gasteiger charge is -2.42. The monoisotopic (exact) mass is 611 g/mol. The molecule has 236 valence electrons. The SMILES string of the molecule is CCOC(=O)COCCOCCCCCOc1cc(F)c([C@@H]2C3=C(C[C@@H](C)N2CC(F)(F)F)c2ccccc2C3)c(F)c1. The standard InChI is InChI=1S/C32H38F5NO5/c1-3-42-29(39)19-41-14-13-40-11-7-4-8-12-43-23-17-27(33)30(28(34)18-23)31-26-16-22-9-5-6-10-24(22)25(26)15-21(2)38(31)20-32(35,36)37/h5-6,9-10,17-18,21,31H,3-4,7-8,11-16,19-20H2,1-2H3/t21-,31+/m1/s1. The summed E-state index contributed by atoms with van der Waals surface area (Å²) in [6, 6.07) is 7.90. The molecule has 4 rings (SSSR count). The van der Waals surface area contributed by atoms with Crippen LogP contribution in [0.1, 0.15) is 62.3 Å². The summed E-state index contributed by atoms with van der Waals surface area (Å²) >= 11 is 0. The maximum atomic E-state index is 15.6. The predicted molar refractivity (Wildman–Crippen MR) is 151 cm³/mol. The molecule has 2 atom stereocenters. The second kappa shape index (κ2) is 15.1. The number of hydrogen-bond donors (Lipinski definition) is 0. The fraction of sp³-hybridized carbons (Fsp3) is 0.531. The number of carbonyl (C=O) groups excluding carboxylic acids is 1. The van der Waals surface area contributed by atoms with Crippen molar-refractivity contribution in [3.8, 4) is 5.75 Å². The third-order valence-electron chi connectivity index (χ3n) is 7.63. The van der Waals surface area contributed by atoms with E-state index in [1.165, 1.54) is 4.90 Å². The first kappa shape index (κ1) is 32.9. The van der Waals surface area contributed by atoms with E-state index in [9.17, 15) is 18.0 Å². The summed E-state index contributed by atoms with van der Waals surface area (Å²) in [5, 5.41) is 0. The highest BCUT2D eigenvalue weighted by molar-refractivity contribution is 5.79. The Morgan fingerprint density at radius 1 is 0.977 bits per heavy atom. The lowest BCUT2D eigenvalue weighted by molar-refractivity contribution is -0.155. The molecular weight excluding hydrogens is 573 g/mol. The van der Waals surface area contributed by atoms with E-state index >= 15 is 8.78 Å². The van der Waals surface area contributed by atoms with Gasteiger partial charge < -0.3 is 18.9 Å². The molecule has 2 aromatic rings. The van der Waals surface area contributed by atoms with Crippen LogP contribution in [-0.2, 0) is 25.4 Å². The minimum absolute atomic E-state index is 0.0103. The van der Waals surface area contributed by atoms with Crippen molar-refractivity contribution >= 4 is 11.5 Å². The lowest BCUT2D eigenvalue weighted by Crippen LogP contribution is -2.46. The van der Waals surface area contributed by atoms with Gasteiger partial charge in [0, 0.05) is 30.3 Å². The number of alkyl halides is 3. The minimum atomic E-state index is -4.53. The molecule has 0 bridgehead atoms. The van der Waals surface area contributed by atoms with E-state index in [4.69, 9.17) is 18.9 Å². The molecule has 0 amide bonds. The molecule has 1 heterocycles. The summed E-state index contributed by atoms with van der Waals surface area (Å²) in [5.74, 6) is -2.29. The normalized spacial score (nSPS) is 18.5. The van der Waals surface area contributed by atoms with E-state index in [0.29, 0.717) is 44.7 Å². The van der Waals surface area contributed by atoms with E-state index in [-0.39, 0.29) is 31.1 Å². The first-order valence-electron chi connectivity index (χ1n) is 14.6. The summed E-state index contributed by atoms with van der Waals surface area (Å²) in [5.41, 5.74) is 3.00. The van der Waals surface area contributed by atoms with Crippen LogP contribution in [0.4, 0.5) is 22.0 Å². The number of ether oxygens (including phenoxy) is 4. The van der Waals surface area contributed by atoms with Gasteiger partial charge >= 0.3 is 12.1 Å². The maximum absolute atomic E-state index is 15.6. The van der Waals surface area contributed by atoms with Gasteiger partial charge in [-0.2, -0.15) is 13.2 Å². The lowest BCUT2D eigenvalue weighted by atomic mass is 9.84. The van der Waals surface area contributed by atoms with Crippen LogP contribution < -0.4 is 4.74 Å². The predicted octanol–water partition coefficient (Wildman–Crippen LogP) is 6.82. The first-order valence-corrected chi connectivity index (χ1v) is 14.6. The fourth-order valence-electron chi connectivity index (χ4n) is 5.77. The van der Waals surface area contributed by atoms with Crippen molar-refractivity contribution in [1.29, 1.82) is 0 Å². The van der Waals surface area contributed by atoms with Crippen LogP contribution in [0.25, 0.3) is 5.57 Å². The number of esters is 1. The molecule has 0 radical (unpaired) electrons. The molecule has 0 spiro atoms. The average Bonchev–Trinajstić information content (AvgIpc) is 3.30. The van der Waals surface area contributed by atoms with Crippen LogP contribution in [0.15, 0.2) is 42.0 Å². The van der Waals surface area contributed by atoms with E-state index in [1.807, 2.05) is 24.3 Å². The molecule has 0 saturated heterocycles. The Labute approximate surface area is 248 Å². The van der Waals surface area contributed by atoms with E-state index in [1.54, 1.807) is 13.8 Å². The Morgan fingerprint density at radius 2 is 1.67 bits per heavy atom. The van der Waals surface area contributed by atoms with Crippen LogP contribution in [0, 0.1) is 11.6 Å². The van der Waals surface area contributed by atoms with Gasteiger partial charge in [0.2, 0.25) is 0 Å². The van der Waals surface area contributed by atoms with Gasteiger partial charge in [-0.05, 0) is 68.2 Å². The highest BCUT2D eigenvalue weighted by Crippen LogP contribution is 2.50. The van der Waals surface area contributed by atoms with Crippen LogP contribution >= 0.6 is 0 Å². The quantitative estimate of drug-likeness (QED) is 0.125. The topological polar surface area (TPSA) is 57.2 Å². The second-order valence-corrected chi connectivity index (χ2v) is 10.8. The summed E-state index contributed by atoms with van der Waals surface area (Å²) < 4.78 is 93.1. The van der Waals surface area contributed by atoms with Crippen LogP contribution in [0.5, 0.6) is 5.75 Å². The van der Waals surface area contributed by atoms with Crippen LogP contribution in [-0.4, -0.2) is 69.3 Å². The molecule has 0 saturated carbocycles. The van der Waals surface area contributed by atoms with Crippen molar-refractivity contribution in [3.63, 3.8) is 0 Å². The highest BCUT2D eigenvalue weighted by Gasteiger charge is 2.45. The molecule has 1 aliphatic carbocycles. The number of rotatable bonds is 15. The Balaban J connectivity index is 1.33. The zero-order valence-electron chi connectivity index (χ0n) is 24.5. The number of benzene rings is 2. The molecule has 0 fully saturated rings. The zero-order valence-corrected chi connectivity index (χ0v) is 24.5. The Kier molecular flexibility index (Phi) is 11.6. The molecular formula is C32H38F5NO5. The summed E-state index contributed by atoms with van der Waals surface area (Å²) in [6.07, 6.45) is -1.72. The molecule has 6 nitrogen and oxygen atoms in total. The second-order valence-electron chi connectivity index (χ2n) is 10.8. The molecule has 0 unspecified atom stereocenters. The smallest absolute Gasteiger partial charge is 0.401 e. The molecule has 43 heavy (non-hydrogen) atoms. The number of unbranched alkanes of at least 4 members (excludes halogenated alkanes) is 2. The van der Waals surface area contributed by atoms with Gasteiger partial charge in [-0.1, -0.05) is 24.3 Å². The van der Waals surface area contributed by atoms with Crippen LogP contribution in [0.2, 0.25) is 0 Å². The van der Waals surface area contributed by atoms with E-state index < -0.39 is 42.4 Å². The minimum Gasteiger partial charge on any atom is -0.493 e. The van der Waals surface area contributed by atoms with Crippen molar-refractivity contribution in [2.45, 2.75) is 64.2 Å². The number of hydrogen-bond acceptors (Lipinski definition) is 6. The Hall–Kier alpha value is -3.02. The maximum Gasteiger partial charge on any atom is 0.401 e. The van der Waals surface area contributed by atoms with Gasteiger partial charge in [0.1, 0.15) is 24.0 Å². The molecule has 2 aliphatic rings. The first-order chi connectivity index (χ1) is 20.6. The Morgan fingerprint density at radius 3 is 2.40 bits per heavy atom. The molecule has 0 N–H and O–H groups in total. The molecule has 2 aromatic carbocycles. The largest absolute Gasteiger partial charge is 0.493 e. The van der Waals surface area contributed by atoms with Gasteiger partial charge in [0.05, 0.1) is 39.0 Å². The van der Waals surface area contributed by atoms with Crippen molar-refractivity contribution < 1.29 is 45.7 Å². The number of carbonyl (C=O) groups is 1. The summed E-state index contributed by atoms with van der Waals surface area (Å²) in [7, 11) is 0. The van der Waals surface area contributed by atoms with Crippen LogP contribution in [0.3, 0.4) is 0 Å². The summed E-state index contributed by atoms with van der Waals surface area (Å²) in [4.78, 5) is 12.3. The van der Waals surface area contributed by atoms with Crippen molar-refractivity contribution in [2.75, 3.05) is 46.2 Å². The van der Waals surface area contributed by atoms with Crippen molar-refractivity contribution in [1.82, 2.24) is 4.90 Å². The van der Waals surface area contributed by atoms with E-state index in [2.05, 4.69) is 0 Å². The average molecular weight is 612 g/mol.